The highest BCUT2D eigenvalue weighted by molar-refractivity contribution is 6.27. The van der Waals surface area contributed by atoms with Crippen LogP contribution in [0.3, 0.4) is 0 Å². The summed E-state index contributed by atoms with van der Waals surface area (Å²) in [6.45, 7) is 0. The van der Waals surface area contributed by atoms with Crippen LogP contribution in [0.5, 0.6) is 0 Å². The lowest BCUT2D eigenvalue weighted by Crippen LogP contribution is -2.25. The Balaban J connectivity index is 2.07. The molecule has 3 aromatic rings. The predicted octanol–water partition coefficient (Wildman–Crippen LogP) is 1.95. The highest BCUT2D eigenvalue weighted by atomic mass is 16.2. The molecule has 1 heterocycles. The van der Waals surface area contributed by atoms with Gasteiger partial charge in [0.1, 0.15) is 11.3 Å². The highest BCUT2D eigenvalue weighted by Gasteiger charge is 2.36. The fourth-order valence-electron chi connectivity index (χ4n) is 3.07. The second-order valence-corrected chi connectivity index (χ2v) is 5.40. The quantitative estimate of drug-likeness (QED) is 0.540. The van der Waals surface area contributed by atoms with Gasteiger partial charge in [0.25, 0.3) is 5.56 Å². The van der Waals surface area contributed by atoms with Gasteiger partial charge in [0.2, 0.25) is 11.6 Å². The maximum absolute atomic E-state index is 12.8. The zero-order chi connectivity index (χ0) is 16.1. The lowest BCUT2D eigenvalue weighted by Gasteiger charge is -2.14. The largest absolute Gasteiger partial charge is 0.288 e. The third-order valence-electron chi connectivity index (χ3n) is 4.13. The van der Waals surface area contributed by atoms with E-state index in [0.29, 0.717) is 11.3 Å². The molecule has 0 bridgehead atoms. The first-order valence-electron chi connectivity index (χ1n) is 7.17. The minimum absolute atomic E-state index is 0.0555. The molecular weight excluding hydrogens is 292 g/mol. The van der Waals surface area contributed by atoms with E-state index < -0.39 is 11.3 Å². The van der Waals surface area contributed by atoms with Crippen molar-refractivity contribution in [1.82, 2.24) is 9.36 Å². The van der Waals surface area contributed by atoms with E-state index in [-0.39, 0.29) is 22.6 Å². The monoisotopic (exact) mass is 304 g/mol. The minimum atomic E-state index is -0.471. The summed E-state index contributed by atoms with van der Waals surface area (Å²) in [7, 11) is 1.62. The lowest BCUT2D eigenvalue weighted by atomic mass is 9.88. The van der Waals surface area contributed by atoms with Gasteiger partial charge in [-0.1, -0.05) is 42.5 Å². The fourth-order valence-corrected chi connectivity index (χ4v) is 3.07. The van der Waals surface area contributed by atoms with Crippen molar-refractivity contribution < 1.29 is 9.59 Å². The van der Waals surface area contributed by atoms with E-state index in [9.17, 15) is 14.4 Å². The van der Waals surface area contributed by atoms with Gasteiger partial charge in [-0.25, -0.2) is 4.68 Å². The van der Waals surface area contributed by atoms with Crippen LogP contribution in [-0.4, -0.2) is 20.9 Å². The minimum Gasteiger partial charge on any atom is -0.288 e. The number of aromatic nitrogens is 2. The Morgan fingerprint density at radius 1 is 0.739 bits per heavy atom. The molecule has 1 aliphatic rings. The molecule has 0 aliphatic heterocycles. The summed E-state index contributed by atoms with van der Waals surface area (Å²) < 4.78 is 2.81. The van der Waals surface area contributed by atoms with Gasteiger partial charge in [-0.3, -0.25) is 19.1 Å². The van der Waals surface area contributed by atoms with Gasteiger partial charge in [0.05, 0.1) is 5.69 Å². The number of carbonyl (C=O) groups excluding carboxylic acids is 2. The van der Waals surface area contributed by atoms with E-state index in [1.54, 1.807) is 55.6 Å². The molecule has 2 aromatic carbocycles. The molecule has 23 heavy (non-hydrogen) atoms. The first-order chi connectivity index (χ1) is 11.1. The van der Waals surface area contributed by atoms with E-state index in [2.05, 4.69) is 0 Å². The number of hydrogen-bond donors (Lipinski definition) is 0. The number of carbonyl (C=O) groups is 2. The topological polar surface area (TPSA) is 61.1 Å². The predicted molar refractivity (Wildman–Crippen MR) is 84.3 cm³/mol. The Hall–Kier alpha value is -3.21. The number of hydrogen-bond acceptors (Lipinski definition) is 3. The molecule has 0 spiro atoms. The third-order valence-corrected chi connectivity index (χ3v) is 4.13. The fraction of sp³-hybridized carbons (Fsp3) is 0.0556. The number of fused-ring (bicyclic) bond motifs is 2. The van der Waals surface area contributed by atoms with Crippen molar-refractivity contribution in [2.75, 3.05) is 0 Å². The Kier molecular flexibility index (Phi) is 2.72. The molecule has 0 amide bonds. The summed E-state index contributed by atoms with van der Waals surface area (Å²) in [5.41, 5.74) is 0.849. The van der Waals surface area contributed by atoms with Crippen molar-refractivity contribution in [2.45, 2.75) is 0 Å². The summed E-state index contributed by atoms with van der Waals surface area (Å²) in [6, 6.07) is 15.5. The van der Waals surface area contributed by atoms with Crippen LogP contribution in [0.1, 0.15) is 32.0 Å². The van der Waals surface area contributed by atoms with Crippen molar-refractivity contribution >= 4 is 11.6 Å². The van der Waals surface area contributed by atoms with Crippen molar-refractivity contribution in [2.24, 2.45) is 7.05 Å². The normalized spacial score (nSPS) is 12.9. The second-order valence-electron chi connectivity index (χ2n) is 5.40. The molecule has 0 fully saturated rings. The van der Waals surface area contributed by atoms with Crippen LogP contribution in [0.25, 0.3) is 5.69 Å². The summed E-state index contributed by atoms with van der Waals surface area (Å²) in [5.74, 6) is -0.699. The van der Waals surface area contributed by atoms with Crippen molar-refractivity contribution in [3.05, 3.63) is 87.3 Å². The molecule has 1 aliphatic carbocycles. The van der Waals surface area contributed by atoms with Gasteiger partial charge in [0.15, 0.2) is 0 Å². The molecule has 5 heteroatoms. The van der Waals surface area contributed by atoms with E-state index in [1.165, 1.54) is 9.36 Å². The van der Waals surface area contributed by atoms with E-state index in [1.807, 2.05) is 6.07 Å². The average Bonchev–Trinajstić information content (AvgIpc) is 2.85. The number of benzene rings is 2. The maximum atomic E-state index is 12.8. The molecular formula is C18H12N2O3. The van der Waals surface area contributed by atoms with E-state index in [0.717, 1.165) is 0 Å². The van der Waals surface area contributed by atoms with Crippen molar-refractivity contribution in [1.29, 1.82) is 0 Å². The molecule has 0 radical (unpaired) electrons. The summed E-state index contributed by atoms with van der Waals surface area (Å²) in [4.78, 5) is 38.2. The van der Waals surface area contributed by atoms with Gasteiger partial charge in [-0.2, -0.15) is 0 Å². The van der Waals surface area contributed by atoms with Gasteiger partial charge < -0.3 is 0 Å². The van der Waals surface area contributed by atoms with Crippen molar-refractivity contribution in [3.63, 3.8) is 0 Å². The Labute approximate surface area is 131 Å². The van der Waals surface area contributed by atoms with Crippen molar-refractivity contribution in [3.8, 4) is 5.69 Å². The first-order valence-corrected chi connectivity index (χ1v) is 7.17. The molecule has 5 nitrogen and oxygen atoms in total. The first kappa shape index (κ1) is 13.5. The average molecular weight is 304 g/mol. The summed E-state index contributed by atoms with van der Waals surface area (Å²) in [6.07, 6.45) is 0. The summed E-state index contributed by atoms with van der Waals surface area (Å²) >= 11 is 0. The summed E-state index contributed by atoms with van der Waals surface area (Å²) in [5, 5.41) is 0. The van der Waals surface area contributed by atoms with Gasteiger partial charge in [-0.15, -0.1) is 0 Å². The smallest absolute Gasteiger partial charge is 0.283 e. The molecule has 0 saturated carbocycles. The van der Waals surface area contributed by atoms with Crippen LogP contribution in [0.2, 0.25) is 0 Å². The van der Waals surface area contributed by atoms with E-state index >= 15 is 0 Å². The molecule has 0 atom stereocenters. The third kappa shape index (κ3) is 1.70. The van der Waals surface area contributed by atoms with E-state index in [4.69, 9.17) is 0 Å². The highest BCUT2D eigenvalue weighted by Crippen LogP contribution is 2.26. The number of ketones is 2. The number of para-hydroxylation sites is 1. The molecule has 4 rings (SSSR count). The van der Waals surface area contributed by atoms with Gasteiger partial charge in [-0.05, 0) is 12.1 Å². The Morgan fingerprint density at radius 3 is 1.96 bits per heavy atom. The SMILES string of the molecule is Cn1c2c(c(=O)n1-c1ccccc1)C(=O)c1ccccc1C2=O. The second kappa shape index (κ2) is 4.64. The Bertz CT molecular complexity index is 1030. The number of rotatable bonds is 1. The molecule has 0 N–H and O–H groups in total. The standard InChI is InChI=1S/C18H12N2O3/c1-19-15-14(18(23)20(19)11-7-3-2-4-8-11)16(21)12-9-5-6-10-13(12)17(15)22/h2-10H,1H3. The zero-order valence-electron chi connectivity index (χ0n) is 12.3. The van der Waals surface area contributed by atoms with Gasteiger partial charge in [0, 0.05) is 18.2 Å². The lowest BCUT2D eigenvalue weighted by molar-refractivity contribution is 0.0973. The Morgan fingerprint density at radius 2 is 1.30 bits per heavy atom. The maximum Gasteiger partial charge on any atom is 0.283 e. The van der Waals surface area contributed by atoms with Crippen LogP contribution in [0.15, 0.2) is 59.4 Å². The van der Waals surface area contributed by atoms with Crippen LogP contribution >= 0.6 is 0 Å². The number of nitrogens with zero attached hydrogens (tertiary/aromatic N) is 2. The molecule has 0 saturated heterocycles. The van der Waals surface area contributed by atoms with Crippen LogP contribution in [0.4, 0.5) is 0 Å². The van der Waals surface area contributed by atoms with Gasteiger partial charge >= 0.3 is 0 Å². The zero-order valence-corrected chi connectivity index (χ0v) is 12.3. The molecule has 0 unspecified atom stereocenters. The molecule has 1 aromatic heterocycles. The van der Waals surface area contributed by atoms with Crippen LogP contribution in [-0.2, 0) is 7.05 Å². The van der Waals surface area contributed by atoms with Crippen LogP contribution in [0, 0.1) is 0 Å². The molecule has 112 valence electrons. The van der Waals surface area contributed by atoms with Crippen LogP contribution < -0.4 is 5.56 Å².